The third-order valence-electron chi connectivity index (χ3n) is 4.20. The van der Waals surface area contributed by atoms with Gasteiger partial charge in [0, 0.05) is 25.7 Å². The molecule has 0 N–H and O–H groups in total. The SMILES string of the molecule is CN(CC1(C#N)CCC1)c1ccc2c(c1)CCO2. The smallest absolute Gasteiger partial charge is 0.122 e. The van der Waals surface area contributed by atoms with Crippen LogP contribution in [0.3, 0.4) is 0 Å². The van der Waals surface area contributed by atoms with Crippen molar-refractivity contribution in [2.45, 2.75) is 25.7 Å². The second kappa shape index (κ2) is 4.20. The van der Waals surface area contributed by atoms with Crippen molar-refractivity contribution in [3.63, 3.8) is 0 Å². The van der Waals surface area contributed by atoms with E-state index < -0.39 is 0 Å². The fourth-order valence-electron chi connectivity index (χ4n) is 2.86. The second-order valence-electron chi connectivity index (χ2n) is 5.49. The molecule has 0 spiro atoms. The van der Waals surface area contributed by atoms with Crippen molar-refractivity contribution >= 4 is 5.69 Å². The van der Waals surface area contributed by atoms with Gasteiger partial charge in [0.25, 0.3) is 0 Å². The Balaban J connectivity index is 1.76. The molecule has 0 bridgehead atoms. The first-order chi connectivity index (χ1) is 8.72. The molecule has 1 aromatic rings. The molecular formula is C15H18N2O. The summed E-state index contributed by atoms with van der Waals surface area (Å²) in [6.45, 7) is 1.63. The van der Waals surface area contributed by atoms with Gasteiger partial charge in [0.1, 0.15) is 5.75 Å². The summed E-state index contributed by atoms with van der Waals surface area (Å²) in [6.07, 6.45) is 4.28. The van der Waals surface area contributed by atoms with Crippen LogP contribution in [0.15, 0.2) is 18.2 Å². The van der Waals surface area contributed by atoms with Crippen LogP contribution in [0.2, 0.25) is 0 Å². The minimum absolute atomic E-state index is 0.107. The highest BCUT2D eigenvalue weighted by atomic mass is 16.5. The van der Waals surface area contributed by atoms with E-state index in [9.17, 15) is 5.26 Å². The summed E-state index contributed by atoms with van der Waals surface area (Å²) in [6, 6.07) is 8.84. The van der Waals surface area contributed by atoms with Gasteiger partial charge in [0.2, 0.25) is 0 Å². The fourth-order valence-corrected chi connectivity index (χ4v) is 2.86. The highest BCUT2D eigenvalue weighted by Crippen LogP contribution is 2.41. The van der Waals surface area contributed by atoms with E-state index in [0.29, 0.717) is 0 Å². The zero-order valence-corrected chi connectivity index (χ0v) is 10.8. The Labute approximate surface area is 108 Å². The van der Waals surface area contributed by atoms with Crippen LogP contribution in [0.1, 0.15) is 24.8 Å². The van der Waals surface area contributed by atoms with E-state index in [1.54, 1.807) is 0 Å². The van der Waals surface area contributed by atoms with Crippen molar-refractivity contribution in [2.75, 3.05) is 25.1 Å². The minimum atomic E-state index is -0.107. The van der Waals surface area contributed by atoms with E-state index in [0.717, 1.165) is 38.2 Å². The molecule has 3 nitrogen and oxygen atoms in total. The summed E-state index contributed by atoms with van der Waals surface area (Å²) in [5.41, 5.74) is 2.38. The van der Waals surface area contributed by atoms with Crippen molar-refractivity contribution < 1.29 is 4.74 Å². The minimum Gasteiger partial charge on any atom is -0.493 e. The van der Waals surface area contributed by atoms with E-state index in [-0.39, 0.29) is 5.41 Å². The molecule has 0 unspecified atom stereocenters. The van der Waals surface area contributed by atoms with Crippen molar-refractivity contribution in [1.82, 2.24) is 0 Å². The number of nitriles is 1. The molecule has 1 aliphatic heterocycles. The van der Waals surface area contributed by atoms with Gasteiger partial charge in [-0.3, -0.25) is 0 Å². The molecule has 3 rings (SSSR count). The van der Waals surface area contributed by atoms with Gasteiger partial charge < -0.3 is 9.64 Å². The number of hydrogen-bond acceptors (Lipinski definition) is 3. The fraction of sp³-hybridized carbons (Fsp3) is 0.533. The monoisotopic (exact) mass is 242 g/mol. The van der Waals surface area contributed by atoms with Gasteiger partial charge in [-0.1, -0.05) is 6.42 Å². The normalized spacial score (nSPS) is 19.3. The Bertz CT molecular complexity index is 500. The number of anilines is 1. The first-order valence-corrected chi connectivity index (χ1v) is 6.61. The average Bonchev–Trinajstić information content (AvgIpc) is 2.80. The van der Waals surface area contributed by atoms with Crippen LogP contribution in [0.4, 0.5) is 5.69 Å². The molecule has 3 heteroatoms. The molecule has 18 heavy (non-hydrogen) atoms. The van der Waals surface area contributed by atoms with E-state index in [2.05, 4.69) is 30.1 Å². The molecule has 1 heterocycles. The van der Waals surface area contributed by atoms with Crippen LogP contribution in [0.25, 0.3) is 0 Å². The summed E-state index contributed by atoms with van der Waals surface area (Å²) >= 11 is 0. The third-order valence-corrected chi connectivity index (χ3v) is 4.20. The van der Waals surface area contributed by atoms with E-state index >= 15 is 0 Å². The van der Waals surface area contributed by atoms with Crippen LogP contribution in [0.5, 0.6) is 5.75 Å². The highest BCUT2D eigenvalue weighted by molar-refractivity contribution is 5.54. The predicted molar refractivity (Wildman–Crippen MR) is 70.8 cm³/mol. The number of hydrogen-bond donors (Lipinski definition) is 0. The Kier molecular flexibility index (Phi) is 2.66. The van der Waals surface area contributed by atoms with Crippen LogP contribution < -0.4 is 9.64 Å². The van der Waals surface area contributed by atoms with E-state index in [1.165, 1.54) is 17.7 Å². The molecule has 94 valence electrons. The first-order valence-electron chi connectivity index (χ1n) is 6.61. The summed E-state index contributed by atoms with van der Waals surface area (Å²) in [5, 5.41) is 9.29. The van der Waals surface area contributed by atoms with Crippen molar-refractivity contribution in [3.05, 3.63) is 23.8 Å². The summed E-state index contributed by atoms with van der Waals surface area (Å²) < 4.78 is 5.52. The van der Waals surface area contributed by atoms with Crippen LogP contribution in [-0.2, 0) is 6.42 Å². The summed E-state index contributed by atoms with van der Waals surface area (Å²) in [4.78, 5) is 2.21. The molecule has 1 aliphatic carbocycles. The molecular weight excluding hydrogens is 224 g/mol. The van der Waals surface area contributed by atoms with Gasteiger partial charge in [0.15, 0.2) is 0 Å². The standard InChI is InChI=1S/C15H18N2O/c1-17(11-15(10-16)6-2-7-15)13-3-4-14-12(9-13)5-8-18-14/h3-4,9H,2,5-8,11H2,1H3. The molecule has 0 atom stereocenters. The molecule has 1 aromatic carbocycles. The van der Waals surface area contributed by atoms with Gasteiger partial charge in [-0.05, 0) is 36.6 Å². The van der Waals surface area contributed by atoms with E-state index in [4.69, 9.17) is 4.74 Å². The lowest BCUT2D eigenvalue weighted by atomic mass is 9.69. The van der Waals surface area contributed by atoms with Gasteiger partial charge in [-0.25, -0.2) is 0 Å². The first kappa shape index (κ1) is 11.4. The Morgan fingerprint density at radius 2 is 2.28 bits per heavy atom. The number of ether oxygens (including phenoxy) is 1. The number of nitrogens with zero attached hydrogens (tertiary/aromatic N) is 2. The lowest BCUT2D eigenvalue weighted by molar-refractivity contribution is 0.223. The topological polar surface area (TPSA) is 36.3 Å². The van der Waals surface area contributed by atoms with Gasteiger partial charge >= 0.3 is 0 Å². The molecule has 0 amide bonds. The van der Waals surface area contributed by atoms with Crippen LogP contribution in [-0.4, -0.2) is 20.2 Å². The largest absolute Gasteiger partial charge is 0.493 e. The number of benzene rings is 1. The molecule has 2 aliphatic rings. The third kappa shape index (κ3) is 1.82. The average molecular weight is 242 g/mol. The molecule has 1 fully saturated rings. The molecule has 0 aromatic heterocycles. The van der Waals surface area contributed by atoms with Gasteiger partial charge in [-0.2, -0.15) is 5.26 Å². The second-order valence-corrected chi connectivity index (χ2v) is 5.49. The van der Waals surface area contributed by atoms with Crippen molar-refractivity contribution in [3.8, 4) is 11.8 Å². The van der Waals surface area contributed by atoms with Crippen molar-refractivity contribution in [2.24, 2.45) is 5.41 Å². The zero-order chi connectivity index (χ0) is 12.6. The van der Waals surface area contributed by atoms with E-state index in [1.807, 2.05) is 6.07 Å². The summed E-state index contributed by atoms with van der Waals surface area (Å²) in [5.74, 6) is 1.02. The lowest BCUT2D eigenvalue weighted by Crippen LogP contribution is -2.39. The number of fused-ring (bicyclic) bond motifs is 1. The lowest BCUT2D eigenvalue weighted by Gasteiger charge is -2.39. The Hall–Kier alpha value is -1.69. The predicted octanol–water partition coefficient (Wildman–Crippen LogP) is 2.75. The quantitative estimate of drug-likeness (QED) is 0.817. The number of rotatable bonds is 3. The van der Waals surface area contributed by atoms with Gasteiger partial charge in [-0.15, -0.1) is 0 Å². The highest BCUT2D eigenvalue weighted by Gasteiger charge is 2.38. The molecule has 1 saturated carbocycles. The van der Waals surface area contributed by atoms with Crippen molar-refractivity contribution in [1.29, 1.82) is 5.26 Å². The summed E-state index contributed by atoms with van der Waals surface area (Å²) in [7, 11) is 2.08. The maximum atomic E-state index is 9.29. The van der Waals surface area contributed by atoms with Crippen LogP contribution in [0, 0.1) is 16.7 Å². The maximum absolute atomic E-state index is 9.29. The Morgan fingerprint density at radius 1 is 1.44 bits per heavy atom. The zero-order valence-electron chi connectivity index (χ0n) is 10.8. The maximum Gasteiger partial charge on any atom is 0.122 e. The van der Waals surface area contributed by atoms with Gasteiger partial charge in [0.05, 0.1) is 18.1 Å². The Morgan fingerprint density at radius 3 is 2.94 bits per heavy atom. The molecule has 0 saturated heterocycles. The molecule has 0 radical (unpaired) electrons. The van der Waals surface area contributed by atoms with Crippen LogP contribution >= 0.6 is 0 Å².